The number of piperazine rings is 1. The Bertz CT molecular complexity index is 947. The molecule has 1 aliphatic heterocycles. The quantitative estimate of drug-likeness (QED) is 0.608. The molecule has 0 unspecified atom stereocenters. The normalized spacial score (nSPS) is 15.2. The number of nitrogens with zero attached hydrogens (tertiary/aromatic N) is 2. The number of rotatable bonds is 9. The molecule has 30 heavy (non-hydrogen) atoms. The monoisotopic (exact) mass is 437 g/mol. The lowest BCUT2D eigenvalue weighted by Crippen LogP contribution is -2.47. The largest absolute Gasteiger partial charge is 0.497 e. The molecule has 0 atom stereocenters. The van der Waals surface area contributed by atoms with Crippen LogP contribution in [-0.2, 0) is 10.0 Å². The summed E-state index contributed by atoms with van der Waals surface area (Å²) < 4.78 is 52.2. The molecule has 1 saturated heterocycles. The zero-order valence-electron chi connectivity index (χ0n) is 17.3. The third-order valence-electron chi connectivity index (χ3n) is 5.17. The van der Waals surface area contributed by atoms with Crippen molar-refractivity contribution in [2.24, 2.45) is 0 Å². The fourth-order valence-corrected chi connectivity index (χ4v) is 4.76. The van der Waals surface area contributed by atoms with Crippen LogP contribution in [0.4, 0.5) is 10.1 Å². The summed E-state index contributed by atoms with van der Waals surface area (Å²) >= 11 is 0. The molecule has 1 N–H and O–H groups in total. The van der Waals surface area contributed by atoms with Gasteiger partial charge in [-0.05, 0) is 37.2 Å². The molecule has 1 aliphatic rings. The van der Waals surface area contributed by atoms with Gasteiger partial charge in [0, 0.05) is 38.8 Å². The lowest BCUT2D eigenvalue weighted by Gasteiger charge is -2.36. The van der Waals surface area contributed by atoms with Gasteiger partial charge in [-0.15, -0.1) is 0 Å². The van der Waals surface area contributed by atoms with Gasteiger partial charge in [0.05, 0.1) is 19.9 Å². The van der Waals surface area contributed by atoms with Crippen LogP contribution in [0.5, 0.6) is 11.5 Å². The average Bonchev–Trinajstić information content (AvgIpc) is 2.77. The van der Waals surface area contributed by atoms with Crippen molar-refractivity contribution < 1.29 is 22.3 Å². The van der Waals surface area contributed by atoms with E-state index in [2.05, 4.69) is 9.62 Å². The fourth-order valence-electron chi connectivity index (χ4n) is 3.50. The maximum Gasteiger partial charge on any atom is 0.244 e. The second-order valence-electron chi connectivity index (χ2n) is 7.05. The van der Waals surface area contributed by atoms with Gasteiger partial charge in [-0.25, -0.2) is 17.5 Å². The second-order valence-corrected chi connectivity index (χ2v) is 8.78. The first-order chi connectivity index (χ1) is 14.4. The number of benzene rings is 2. The molecular weight excluding hydrogens is 409 g/mol. The maximum absolute atomic E-state index is 13.9. The van der Waals surface area contributed by atoms with Gasteiger partial charge in [-0.3, -0.25) is 4.90 Å². The zero-order chi connectivity index (χ0) is 21.6. The number of para-hydroxylation sites is 1. The zero-order valence-corrected chi connectivity index (χ0v) is 18.1. The Morgan fingerprint density at radius 1 is 1.03 bits per heavy atom. The van der Waals surface area contributed by atoms with E-state index in [9.17, 15) is 12.8 Å². The third kappa shape index (κ3) is 5.41. The predicted octanol–water partition coefficient (Wildman–Crippen LogP) is 2.33. The molecule has 0 bridgehead atoms. The topological polar surface area (TPSA) is 71.1 Å². The highest BCUT2D eigenvalue weighted by molar-refractivity contribution is 7.89. The van der Waals surface area contributed by atoms with E-state index in [1.54, 1.807) is 24.3 Å². The molecule has 7 nitrogen and oxygen atoms in total. The van der Waals surface area contributed by atoms with E-state index >= 15 is 0 Å². The maximum atomic E-state index is 13.9. The second kappa shape index (κ2) is 10.1. The first kappa shape index (κ1) is 22.3. The number of hydrogen-bond donors (Lipinski definition) is 1. The number of anilines is 1. The van der Waals surface area contributed by atoms with E-state index < -0.39 is 10.0 Å². The van der Waals surface area contributed by atoms with Crippen LogP contribution >= 0.6 is 0 Å². The van der Waals surface area contributed by atoms with Gasteiger partial charge in [0.2, 0.25) is 10.0 Å². The SMILES string of the molecule is COc1ccc(OC)c(S(=O)(=O)NCCCN2CCN(c3ccccc3F)CC2)c1. The molecule has 0 aliphatic carbocycles. The third-order valence-corrected chi connectivity index (χ3v) is 6.65. The Balaban J connectivity index is 1.47. The molecule has 1 fully saturated rings. The highest BCUT2D eigenvalue weighted by Gasteiger charge is 2.21. The lowest BCUT2D eigenvalue weighted by atomic mass is 10.2. The van der Waals surface area contributed by atoms with Crippen LogP contribution in [0, 0.1) is 5.82 Å². The average molecular weight is 438 g/mol. The number of hydrogen-bond acceptors (Lipinski definition) is 6. The molecule has 0 saturated carbocycles. The summed E-state index contributed by atoms with van der Waals surface area (Å²) in [5.41, 5.74) is 0.636. The van der Waals surface area contributed by atoms with Crippen molar-refractivity contribution in [2.45, 2.75) is 11.3 Å². The number of nitrogens with one attached hydrogen (secondary N) is 1. The van der Waals surface area contributed by atoms with Crippen LogP contribution in [0.15, 0.2) is 47.4 Å². The fraction of sp³-hybridized carbons (Fsp3) is 0.429. The molecular formula is C21H28FN3O4S. The molecule has 1 heterocycles. The van der Waals surface area contributed by atoms with E-state index in [4.69, 9.17) is 9.47 Å². The minimum absolute atomic E-state index is 0.0582. The Hall–Kier alpha value is -2.36. The molecule has 9 heteroatoms. The van der Waals surface area contributed by atoms with Crippen LogP contribution in [-0.4, -0.2) is 66.8 Å². The van der Waals surface area contributed by atoms with Crippen molar-refractivity contribution >= 4 is 15.7 Å². The first-order valence-electron chi connectivity index (χ1n) is 9.88. The molecule has 2 aromatic rings. The smallest absolute Gasteiger partial charge is 0.244 e. The molecule has 0 radical (unpaired) electrons. The summed E-state index contributed by atoms with van der Waals surface area (Å²) in [5.74, 6) is 0.518. The van der Waals surface area contributed by atoms with Crippen molar-refractivity contribution in [1.29, 1.82) is 0 Å². The van der Waals surface area contributed by atoms with Crippen molar-refractivity contribution in [3.05, 3.63) is 48.3 Å². The van der Waals surface area contributed by atoms with Crippen molar-refractivity contribution in [1.82, 2.24) is 9.62 Å². The predicted molar refractivity (Wildman–Crippen MR) is 114 cm³/mol. The summed E-state index contributed by atoms with van der Waals surface area (Å²) in [6, 6.07) is 11.5. The van der Waals surface area contributed by atoms with Crippen LogP contribution < -0.4 is 19.1 Å². The van der Waals surface area contributed by atoms with E-state index in [1.807, 2.05) is 11.0 Å². The highest BCUT2D eigenvalue weighted by atomic mass is 32.2. The highest BCUT2D eigenvalue weighted by Crippen LogP contribution is 2.28. The molecule has 0 spiro atoms. The van der Waals surface area contributed by atoms with Gasteiger partial charge in [-0.1, -0.05) is 12.1 Å². The Morgan fingerprint density at radius 3 is 2.43 bits per heavy atom. The van der Waals surface area contributed by atoms with Gasteiger partial charge in [-0.2, -0.15) is 0 Å². The molecule has 164 valence electrons. The molecule has 2 aromatic carbocycles. The summed E-state index contributed by atoms with van der Waals surface area (Å²) in [6.45, 7) is 4.19. The van der Waals surface area contributed by atoms with Gasteiger partial charge in [0.1, 0.15) is 22.2 Å². The number of sulfonamides is 1. The van der Waals surface area contributed by atoms with E-state index in [0.29, 0.717) is 24.4 Å². The number of halogens is 1. The van der Waals surface area contributed by atoms with E-state index in [0.717, 1.165) is 32.7 Å². The van der Waals surface area contributed by atoms with Crippen molar-refractivity contribution in [3.63, 3.8) is 0 Å². The summed E-state index contributed by atoms with van der Waals surface area (Å²) in [4.78, 5) is 4.37. The summed E-state index contributed by atoms with van der Waals surface area (Å²) in [6.07, 6.45) is 0.672. The van der Waals surface area contributed by atoms with Crippen molar-refractivity contribution in [3.8, 4) is 11.5 Å². The van der Waals surface area contributed by atoms with Crippen LogP contribution in [0.25, 0.3) is 0 Å². The molecule has 0 amide bonds. The summed E-state index contributed by atoms with van der Waals surface area (Å²) in [5, 5.41) is 0. The van der Waals surface area contributed by atoms with E-state index in [-0.39, 0.29) is 16.5 Å². The minimum atomic E-state index is -3.71. The van der Waals surface area contributed by atoms with Gasteiger partial charge in [0.25, 0.3) is 0 Å². The van der Waals surface area contributed by atoms with Crippen LogP contribution in [0.1, 0.15) is 6.42 Å². The minimum Gasteiger partial charge on any atom is -0.497 e. The first-order valence-corrected chi connectivity index (χ1v) is 11.4. The molecule has 0 aromatic heterocycles. The van der Waals surface area contributed by atoms with Gasteiger partial charge in [0.15, 0.2) is 0 Å². The Labute approximate surface area is 177 Å². The van der Waals surface area contributed by atoms with Gasteiger partial charge < -0.3 is 14.4 Å². The Morgan fingerprint density at radius 2 is 1.77 bits per heavy atom. The van der Waals surface area contributed by atoms with E-state index in [1.165, 1.54) is 26.4 Å². The van der Waals surface area contributed by atoms with Crippen LogP contribution in [0.2, 0.25) is 0 Å². The Kier molecular flexibility index (Phi) is 7.52. The lowest BCUT2D eigenvalue weighted by molar-refractivity contribution is 0.255. The van der Waals surface area contributed by atoms with Crippen LogP contribution in [0.3, 0.4) is 0 Å². The van der Waals surface area contributed by atoms with Gasteiger partial charge >= 0.3 is 0 Å². The number of ether oxygens (including phenoxy) is 2. The summed E-state index contributed by atoms with van der Waals surface area (Å²) in [7, 11) is -0.796. The standard InChI is InChI=1S/C21H28FN3O4S/c1-28-17-8-9-20(29-2)21(16-17)30(26,27)23-10-5-11-24-12-14-25(15-13-24)19-7-4-3-6-18(19)22/h3-4,6-9,16,23H,5,10-15H2,1-2H3. The number of methoxy groups -OCH3 is 2. The molecule has 3 rings (SSSR count). The van der Waals surface area contributed by atoms with Crippen molar-refractivity contribution in [2.75, 3.05) is 58.4 Å².